The molecule has 0 spiro atoms. The summed E-state index contributed by atoms with van der Waals surface area (Å²) in [6.07, 6.45) is 2.77. The lowest BCUT2D eigenvalue weighted by atomic mass is 9.89. The van der Waals surface area contributed by atoms with Gasteiger partial charge < -0.3 is 15.5 Å². The Labute approximate surface area is 156 Å². The molecule has 3 rings (SSSR count). The average molecular weight is 357 g/mol. The molecule has 0 aliphatic carbocycles. The summed E-state index contributed by atoms with van der Waals surface area (Å²) in [5.74, 6) is 0.686. The van der Waals surface area contributed by atoms with Gasteiger partial charge in [-0.1, -0.05) is 44.2 Å². The number of benzene rings is 1. The number of nitrogens with two attached hydrogens (primary N) is 1. The highest BCUT2D eigenvalue weighted by Gasteiger charge is 2.41. The van der Waals surface area contributed by atoms with E-state index in [-0.39, 0.29) is 35.6 Å². The molecule has 1 aromatic carbocycles. The fourth-order valence-electron chi connectivity index (χ4n) is 4.36. The van der Waals surface area contributed by atoms with Crippen LogP contribution in [0.25, 0.3) is 0 Å². The SMILES string of the molecule is CC(C)C(=O)N1CCCCC1C(=O)N1C[C@@H](CN)[C@H](c2ccccc2)C1. The number of hydrogen-bond acceptors (Lipinski definition) is 3. The van der Waals surface area contributed by atoms with E-state index in [9.17, 15) is 9.59 Å². The molecule has 0 saturated carbocycles. The first kappa shape index (κ1) is 18.9. The molecule has 2 saturated heterocycles. The molecule has 5 heteroatoms. The lowest BCUT2D eigenvalue weighted by Gasteiger charge is -2.37. The summed E-state index contributed by atoms with van der Waals surface area (Å²) in [5.41, 5.74) is 7.26. The highest BCUT2D eigenvalue weighted by Crippen LogP contribution is 2.33. The summed E-state index contributed by atoms with van der Waals surface area (Å²) in [6, 6.07) is 10.0. The Balaban J connectivity index is 1.75. The van der Waals surface area contributed by atoms with Gasteiger partial charge in [-0.2, -0.15) is 0 Å². The maximum absolute atomic E-state index is 13.3. The molecule has 3 atom stereocenters. The van der Waals surface area contributed by atoms with Crippen LogP contribution in [-0.4, -0.2) is 53.8 Å². The van der Waals surface area contributed by atoms with Crippen molar-refractivity contribution in [1.29, 1.82) is 0 Å². The van der Waals surface area contributed by atoms with E-state index in [0.717, 1.165) is 19.3 Å². The molecule has 5 nitrogen and oxygen atoms in total. The summed E-state index contributed by atoms with van der Waals surface area (Å²) >= 11 is 0. The topological polar surface area (TPSA) is 66.6 Å². The Kier molecular flexibility index (Phi) is 5.97. The summed E-state index contributed by atoms with van der Waals surface area (Å²) < 4.78 is 0. The van der Waals surface area contributed by atoms with Crippen LogP contribution in [0.2, 0.25) is 0 Å². The normalized spacial score (nSPS) is 26.4. The van der Waals surface area contributed by atoms with E-state index < -0.39 is 0 Å². The fourth-order valence-corrected chi connectivity index (χ4v) is 4.36. The molecule has 2 heterocycles. The van der Waals surface area contributed by atoms with Crippen LogP contribution in [-0.2, 0) is 9.59 Å². The molecule has 2 aliphatic rings. The quantitative estimate of drug-likeness (QED) is 0.898. The van der Waals surface area contributed by atoms with E-state index in [1.807, 2.05) is 41.8 Å². The number of hydrogen-bond donors (Lipinski definition) is 1. The van der Waals surface area contributed by atoms with Gasteiger partial charge in [-0.05, 0) is 37.3 Å². The van der Waals surface area contributed by atoms with Crippen molar-refractivity contribution in [3.05, 3.63) is 35.9 Å². The molecule has 2 amide bonds. The number of carbonyl (C=O) groups excluding carboxylic acids is 2. The number of likely N-dealkylation sites (tertiary alicyclic amines) is 2. The van der Waals surface area contributed by atoms with Crippen LogP contribution in [0.5, 0.6) is 0 Å². The average Bonchev–Trinajstić information content (AvgIpc) is 3.12. The Morgan fingerprint density at radius 2 is 1.88 bits per heavy atom. The van der Waals surface area contributed by atoms with Gasteiger partial charge in [0, 0.05) is 31.5 Å². The highest BCUT2D eigenvalue weighted by molar-refractivity contribution is 5.88. The lowest BCUT2D eigenvalue weighted by Crippen LogP contribution is -2.53. The van der Waals surface area contributed by atoms with Crippen molar-refractivity contribution < 1.29 is 9.59 Å². The highest BCUT2D eigenvalue weighted by atomic mass is 16.2. The molecule has 26 heavy (non-hydrogen) atoms. The fraction of sp³-hybridized carbons (Fsp3) is 0.619. The molecule has 0 aromatic heterocycles. The molecular formula is C21H31N3O2. The number of piperidine rings is 1. The van der Waals surface area contributed by atoms with Crippen molar-refractivity contribution >= 4 is 11.8 Å². The van der Waals surface area contributed by atoms with E-state index in [0.29, 0.717) is 26.2 Å². The van der Waals surface area contributed by atoms with Crippen LogP contribution in [0.4, 0.5) is 0 Å². The summed E-state index contributed by atoms with van der Waals surface area (Å²) in [4.78, 5) is 29.6. The smallest absolute Gasteiger partial charge is 0.245 e. The van der Waals surface area contributed by atoms with Gasteiger partial charge in [-0.15, -0.1) is 0 Å². The molecular weight excluding hydrogens is 326 g/mol. The molecule has 1 unspecified atom stereocenters. The van der Waals surface area contributed by atoms with Gasteiger partial charge in [0.05, 0.1) is 0 Å². The zero-order chi connectivity index (χ0) is 18.7. The van der Waals surface area contributed by atoms with Crippen molar-refractivity contribution in [2.45, 2.75) is 45.1 Å². The first-order chi connectivity index (χ1) is 12.5. The van der Waals surface area contributed by atoms with Gasteiger partial charge in [0.2, 0.25) is 11.8 Å². The first-order valence-electron chi connectivity index (χ1n) is 9.87. The Morgan fingerprint density at radius 1 is 1.15 bits per heavy atom. The second-order valence-electron chi connectivity index (χ2n) is 7.95. The van der Waals surface area contributed by atoms with Gasteiger partial charge >= 0.3 is 0 Å². The number of rotatable bonds is 4. The molecule has 142 valence electrons. The van der Waals surface area contributed by atoms with E-state index in [1.165, 1.54) is 5.56 Å². The van der Waals surface area contributed by atoms with E-state index >= 15 is 0 Å². The third-order valence-corrected chi connectivity index (χ3v) is 5.85. The maximum atomic E-state index is 13.3. The van der Waals surface area contributed by atoms with Gasteiger partial charge in [-0.25, -0.2) is 0 Å². The van der Waals surface area contributed by atoms with Crippen LogP contribution >= 0.6 is 0 Å². The van der Waals surface area contributed by atoms with Crippen molar-refractivity contribution in [3.63, 3.8) is 0 Å². The third kappa shape index (κ3) is 3.78. The second-order valence-corrected chi connectivity index (χ2v) is 7.95. The maximum Gasteiger partial charge on any atom is 0.245 e. The summed E-state index contributed by atoms with van der Waals surface area (Å²) in [5, 5.41) is 0. The zero-order valence-electron chi connectivity index (χ0n) is 15.9. The van der Waals surface area contributed by atoms with Crippen LogP contribution in [0.3, 0.4) is 0 Å². The van der Waals surface area contributed by atoms with E-state index in [4.69, 9.17) is 5.73 Å². The summed E-state index contributed by atoms with van der Waals surface area (Å²) in [7, 11) is 0. The Morgan fingerprint density at radius 3 is 2.54 bits per heavy atom. The molecule has 2 aliphatic heterocycles. The van der Waals surface area contributed by atoms with Crippen LogP contribution in [0, 0.1) is 11.8 Å². The largest absolute Gasteiger partial charge is 0.340 e. The monoisotopic (exact) mass is 357 g/mol. The molecule has 2 N–H and O–H groups in total. The minimum atomic E-state index is -0.299. The van der Waals surface area contributed by atoms with Crippen LogP contribution in [0.15, 0.2) is 30.3 Å². The minimum Gasteiger partial charge on any atom is -0.340 e. The van der Waals surface area contributed by atoms with Crippen molar-refractivity contribution in [2.24, 2.45) is 17.6 Å². The van der Waals surface area contributed by atoms with Gasteiger partial charge in [0.1, 0.15) is 6.04 Å². The predicted molar refractivity (Wildman–Crippen MR) is 102 cm³/mol. The third-order valence-electron chi connectivity index (χ3n) is 5.85. The second kappa shape index (κ2) is 8.21. The predicted octanol–water partition coefficient (Wildman–Crippen LogP) is 2.22. The first-order valence-corrected chi connectivity index (χ1v) is 9.87. The molecule has 1 aromatic rings. The van der Waals surface area contributed by atoms with Gasteiger partial charge in [0.25, 0.3) is 0 Å². The standard InChI is InChI=1S/C21H31N3O2/c1-15(2)20(25)24-11-7-6-10-19(24)21(26)23-13-17(12-22)18(14-23)16-8-4-3-5-9-16/h3-5,8-9,15,17-19H,6-7,10-14,22H2,1-2H3/t17-,18+,19?/m1/s1. The van der Waals surface area contributed by atoms with Crippen molar-refractivity contribution in [1.82, 2.24) is 9.80 Å². The number of amides is 2. The Bertz CT molecular complexity index is 631. The summed E-state index contributed by atoms with van der Waals surface area (Å²) in [6.45, 7) is 6.47. The van der Waals surface area contributed by atoms with Gasteiger partial charge in [-0.3, -0.25) is 9.59 Å². The number of nitrogens with zero attached hydrogens (tertiary/aromatic N) is 2. The van der Waals surface area contributed by atoms with Crippen LogP contribution < -0.4 is 5.73 Å². The number of carbonyl (C=O) groups is 2. The van der Waals surface area contributed by atoms with Crippen molar-refractivity contribution in [2.75, 3.05) is 26.2 Å². The molecule has 0 bridgehead atoms. The van der Waals surface area contributed by atoms with E-state index in [2.05, 4.69) is 12.1 Å². The lowest BCUT2D eigenvalue weighted by molar-refractivity contribution is -0.149. The van der Waals surface area contributed by atoms with Gasteiger partial charge in [0.15, 0.2) is 0 Å². The molecule has 2 fully saturated rings. The minimum absolute atomic E-state index is 0.0733. The molecule has 0 radical (unpaired) electrons. The van der Waals surface area contributed by atoms with E-state index in [1.54, 1.807) is 0 Å². The van der Waals surface area contributed by atoms with Crippen molar-refractivity contribution in [3.8, 4) is 0 Å². The van der Waals surface area contributed by atoms with Crippen LogP contribution in [0.1, 0.15) is 44.6 Å². The Hall–Kier alpha value is -1.88. The zero-order valence-corrected chi connectivity index (χ0v) is 15.9.